The molecule has 0 spiro atoms. The van der Waals surface area contributed by atoms with Gasteiger partial charge in [0.2, 0.25) is 0 Å². The lowest BCUT2D eigenvalue weighted by Crippen LogP contribution is -1.99. The maximum absolute atomic E-state index is 12.1. The molecule has 5 nitrogen and oxygen atoms in total. The lowest BCUT2D eigenvalue weighted by Gasteiger charge is -2.08. The van der Waals surface area contributed by atoms with Gasteiger partial charge in [-0.1, -0.05) is 6.07 Å². The minimum Gasteiger partial charge on any atom is -0.493 e. The standard InChI is InChI=1S/C16H16N2O3/c1-20-14-7-6-12(11-15(14)21-2)13(19)8-10-18-16-5-3-4-9-17-16/h3-11H,1-2H3,(H,17,18). The zero-order valence-electron chi connectivity index (χ0n) is 11.9. The summed E-state index contributed by atoms with van der Waals surface area (Å²) in [5, 5.41) is 2.93. The number of aromatic nitrogens is 1. The number of hydrogen-bond acceptors (Lipinski definition) is 5. The highest BCUT2D eigenvalue weighted by atomic mass is 16.5. The van der Waals surface area contributed by atoms with E-state index in [1.165, 1.54) is 13.2 Å². The summed E-state index contributed by atoms with van der Waals surface area (Å²) in [5.74, 6) is 1.65. The van der Waals surface area contributed by atoms with Crippen molar-refractivity contribution in [1.29, 1.82) is 0 Å². The summed E-state index contributed by atoms with van der Waals surface area (Å²) >= 11 is 0. The van der Waals surface area contributed by atoms with Crippen molar-refractivity contribution >= 4 is 11.6 Å². The van der Waals surface area contributed by atoms with E-state index in [1.54, 1.807) is 37.7 Å². The maximum atomic E-state index is 12.1. The third-order valence-corrected chi connectivity index (χ3v) is 2.80. The van der Waals surface area contributed by atoms with Crippen LogP contribution in [0, 0.1) is 0 Å². The normalized spacial score (nSPS) is 10.4. The van der Waals surface area contributed by atoms with Crippen LogP contribution in [0.1, 0.15) is 10.4 Å². The van der Waals surface area contributed by atoms with Crippen LogP contribution in [0.4, 0.5) is 5.82 Å². The molecule has 0 aliphatic heterocycles. The Hall–Kier alpha value is -2.82. The van der Waals surface area contributed by atoms with E-state index < -0.39 is 0 Å². The first-order valence-corrected chi connectivity index (χ1v) is 6.35. The number of carbonyl (C=O) groups excluding carboxylic acids is 1. The molecule has 0 aliphatic rings. The molecule has 1 heterocycles. The van der Waals surface area contributed by atoms with E-state index in [1.807, 2.05) is 18.2 Å². The number of nitrogens with zero attached hydrogens (tertiary/aromatic N) is 1. The van der Waals surface area contributed by atoms with Gasteiger partial charge in [0.05, 0.1) is 14.2 Å². The lowest BCUT2D eigenvalue weighted by molar-refractivity contribution is 0.104. The number of allylic oxidation sites excluding steroid dienone is 1. The molecule has 1 aromatic heterocycles. The minimum absolute atomic E-state index is 0.139. The monoisotopic (exact) mass is 284 g/mol. The fourth-order valence-electron chi connectivity index (χ4n) is 1.74. The van der Waals surface area contributed by atoms with Crippen LogP contribution in [-0.2, 0) is 0 Å². The fourth-order valence-corrected chi connectivity index (χ4v) is 1.74. The number of methoxy groups -OCH3 is 2. The Kier molecular flexibility index (Phi) is 4.93. The van der Waals surface area contributed by atoms with Crippen LogP contribution in [0.5, 0.6) is 11.5 Å². The molecule has 2 aromatic rings. The third-order valence-electron chi connectivity index (χ3n) is 2.80. The zero-order valence-corrected chi connectivity index (χ0v) is 11.9. The average Bonchev–Trinajstić information content (AvgIpc) is 2.55. The molecule has 2 rings (SSSR count). The number of nitrogens with one attached hydrogen (secondary N) is 1. The van der Waals surface area contributed by atoms with Crippen molar-refractivity contribution < 1.29 is 14.3 Å². The van der Waals surface area contributed by atoms with Crippen LogP contribution in [0.25, 0.3) is 0 Å². The molecular formula is C16H16N2O3. The van der Waals surface area contributed by atoms with Crippen LogP contribution in [0.2, 0.25) is 0 Å². The first kappa shape index (κ1) is 14.6. The van der Waals surface area contributed by atoms with Gasteiger partial charge in [-0.3, -0.25) is 4.79 Å². The predicted octanol–water partition coefficient (Wildman–Crippen LogP) is 2.91. The van der Waals surface area contributed by atoms with Gasteiger partial charge in [-0.25, -0.2) is 4.98 Å². The Labute approximate surface area is 123 Å². The molecule has 0 amide bonds. The van der Waals surface area contributed by atoms with Gasteiger partial charge in [0.1, 0.15) is 5.82 Å². The number of rotatable bonds is 6. The number of pyridine rings is 1. The fraction of sp³-hybridized carbons (Fsp3) is 0.125. The van der Waals surface area contributed by atoms with Crippen LogP contribution in [0.3, 0.4) is 0 Å². The number of ether oxygens (including phenoxy) is 2. The first-order chi connectivity index (χ1) is 10.2. The second-order valence-corrected chi connectivity index (χ2v) is 4.13. The first-order valence-electron chi connectivity index (χ1n) is 6.35. The van der Waals surface area contributed by atoms with Crippen molar-refractivity contribution in [3.05, 3.63) is 60.4 Å². The molecule has 0 fully saturated rings. The van der Waals surface area contributed by atoms with Gasteiger partial charge in [0.15, 0.2) is 17.3 Å². The summed E-state index contributed by atoms with van der Waals surface area (Å²) in [6, 6.07) is 10.5. The highest BCUT2D eigenvalue weighted by Crippen LogP contribution is 2.27. The second kappa shape index (κ2) is 7.09. The molecule has 0 saturated carbocycles. The summed E-state index contributed by atoms with van der Waals surface area (Å²) in [6.07, 6.45) is 4.67. The summed E-state index contributed by atoms with van der Waals surface area (Å²) in [5.41, 5.74) is 0.520. The van der Waals surface area contributed by atoms with E-state index in [2.05, 4.69) is 10.3 Å². The number of carbonyl (C=O) groups is 1. The lowest BCUT2D eigenvalue weighted by atomic mass is 10.1. The molecule has 1 aromatic carbocycles. The molecule has 1 N–H and O–H groups in total. The van der Waals surface area contributed by atoms with Gasteiger partial charge in [-0.2, -0.15) is 0 Å². The smallest absolute Gasteiger partial charge is 0.187 e. The van der Waals surface area contributed by atoms with Crippen molar-refractivity contribution in [3.8, 4) is 11.5 Å². The Morgan fingerprint density at radius 2 is 1.95 bits per heavy atom. The molecular weight excluding hydrogens is 268 g/mol. The topological polar surface area (TPSA) is 60.5 Å². The van der Waals surface area contributed by atoms with E-state index in [0.29, 0.717) is 22.9 Å². The van der Waals surface area contributed by atoms with Crippen molar-refractivity contribution in [3.63, 3.8) is 0 Å². The minimum atomic E-state index is -0.139. The number of benzene rings is 1. The Morgan fingerprint density at radius 1 is 1.14 bits per heavy atom. The van der Waals surface area contributed by atoms with Crippen LogP contribution >= 0.6 is 0 Å². The predicted molar refractivity (Wildman–Crippen MR) is 80.9 cm³/mol. The summed E-state index contributed by atoms with van der Waals surface area (Å²) in [7, 11) is 3.08. The number of ketones is 1. The molecule has 0 saturated heterocycles. The van der Waals surface area contributed by atoms with E-state index in [4.69, 9.17) is 9.47 Å². The van der Waals surface area contributed by atoms with Crippen LogP contribution < -0.4 is 14.8 Å². The largest absolute Gasteiger partial charge is 0.493 e. The molecule has 21 heavy (non-hydrogen) atoms. The molecule has 0 unspecified atom stereocenters. The van der Waals surface area contributed by atoms with E-state index in [0.717, 1.165) is 0 Å². The molecule has 0 bridgehead atoms. The molecule has 5 heteroatoms. The van der Waals surface area contributed by atoms with Gasteiger partial charge in [0.25, 0.3) is 0 Å². The molecule has 0 atom stereocenters. The van der Waals surface area contributed by atoms with E-state index >= 15 is 0 Å². The quantitative estimate of drug-likeness (QED) is 0.653. The van der Waals surface area contributed by atoms with Crippen molar-refractivity contribution in [1.82, 2.24) is 4.98 Å². The Morgan fingerprint density at radius 3 is 2.62 bits per heavy atom. The highest BCUT2D eigenvalue weighted by molar-refractivity contribution is 6.05. The highest BCUT2D eigenvalue weighted by Gasteiger charge is 2.08. The van der Waals surface area contributed by atoms with Crippen LogP contribution in [0.15, 0.2) is 54.9 Å². The van der Waals surface area contributed by atoms with Crippen LogP contribution in [-0.4, -0.2) is 25.0 Å². The second-order valence-electron chi connectivity index (χ2n) is 4.13. The SMILES string of the molecule is COc1ccc(C(=O)C=CNc2ccccn2)cc1OC. The Bertz CT molecular complexity index is 639. The summed E-state index contributed by atoms with van der Waals surface area (Å²) in [4.78, 5) is 16.1. The molecule has 0 aliphatic carbocycles. The van der Waals surface area contributed by atoms with Gasteiger partial charge in [0, 0.05) is 24.0 Å². The maximum Gasteiger partial charge on any atom is 0.187 e. The number of anilines is 1. The van der Waals surface area contributed by atoms with Crippen molar-refractivity contribution in [2.45, 2.75) is 0 Å². The number of hydrogen-bond donors (Lipinski definition) is 1. The van der Waals surface area contributed by atoms with E-state index in [9.17, 15) is 4.79 Å². The summed E-state index contributed by atoms with van der Waals surface area (Å²) in [6.45, 7) is 0. The van der Waals surface area contributed by atoms with Gasteiger partial charge in [-0.05, 0) is 30.3 Å². The van der Waals surface area contributed by atoms with Crippen molar-refractivity contribution in [2.24, 2.45) is 0 Å². The summed E-state index contributed by atoms with van der Waals surface area (Å²) < 4.78 is 10.3. The average molecular weight is 284 g/mol. The van der Waals surface area contributed by atoms with E-state index in [-0.39, 0.29) is 5.78 Å². The Balaban J connectivity index is 2.06. The van der Waals surface area contributed by atoms with Gasteiger partial charge >= 0.3 is 0 Å². The van der Waals surface area contributed by atoms with Gasteiger partial charge < -0.3 is 14.8 Å². The third kappa shape index (κ3) is 3.82. The van der Waals surface area contributed by atoms with Crippen molar-refractivity contribution in [2.75, 3.05) is 19.5 Å². The molecule has 0 radical (unpaired) electrons. The molecule has 108 valence electrons. The zero-order chi connectivity index (χ0) is 15.1. The van der Waals surface area contributed by atoms with Gasteiger partial charge in [-0.15, -0.1) is 0 Å².